The first-order valence-electron chi connectivity index (χ1n) is 4.03. The Hall–Kier alpha value is -1.09. The molecule has 0 bridgehead atoms. The van der Waals surface area contributed by atoms with Gasteiger partial charge >= 0.3 is 5.97 Å². The smallest absolute Gasteiger partial charge is 0.340 e. The zero-order valence-corrected chi connectivity index (χ0v) is 8.69. The highest BCUT2D eigenvalue weighted by Crippen LogP contribution is 2.18. The summed E-state index contributed by atoms with van der Waals surface area (Å²) < 4.78 is 18.0. The van der Waals surface area contributed by atoms with E-state index in [1.165, 1.54) is 13.2 Å². The van der Waals surface area contributed by atoms with Crippen molar-refractivity contribution < 1.29 is 13.9 Å². The molecule has 0 radical (unpaired) electrons. The lowest BCUT2D eigenvalue weighted by atomic mass is 10.1. The van der Waals surface area contributed by atoms with Crippen molar-refractivity contribution in [2.24, 2.45) is 0 Å². The van der Waals surface area contributed by atoms with Crippen molar-refractivity contribution in [3.8, 4) is 0 Å². The molecule has 0 N–H and O–H groups in total. The third kappa shape index (κ3) is 2.04. The summed E-state index contributed by atoms with van der Waals surface area (Å²) in [5.41, 5.74) is 1.03. The van der Waals surface area contributed by atoms with E-state index < -0.39 is 11.8 Å². The fourth-order valence-electron chi connectivity index (χ4n) is 1.20. The third-order valence-corrected chi connectivity index (χ3v) is 2.13. The lowest BCUT2D eigenvalue weighted by Gasteiger charge is -2.06. The number of carbonyl (C=O) groups excluding carboxylic acids is 1. The second kappa shape index (κ2) is 4.42. The van der Waals surface area contributed by atoms with Gasteiger partial charge in [0.05, 0.1) is 18.6 Å². The largest absolute Gasteiger partial charge is 0.465 e. The number of aryl methyl sites for hydroxylation is 1. The SMILES string of the molecule is COC(=O)c1cc(C)cc(CCl)c1F. The summed E-state index contributed by atoms with van der Waals surface area (Å²) in [4.78, 5) is 11.1. The maximum atomic E-state index is 13.5. The minimum atomic E-state index is -0.683. The molecule has 1 aromatic rings. The van der Waals surface area contributed by atoms with Crippen LogP contribution >= 0.6 is 11.6 Å². The maximum absolute atomic E-state index is 13.5. The molecule has 0 atom stereocenters. The van der Waals surface area contributed by atoms with Crippen LogP contribution < -0.4 is 0 Å². The third-order valence-electron chi connectivity index (χ3n) is 1.84. The lowest BCUT2D eigenvalue weighted by Crippen LogP contribution is -2.07. The van der Waals surface area contributed by atoms with Gasteiger partial charge in [-0.3, -0.25) is 0 Å². The molecule has 0 aliphatic carbocycles. The molecular formula is C10H10ClFO2. The summed E-state index contributed by atoms with van der Waals surface area (Å²) in [5, 5.41) is 0. The van der Waals surface area contributed by atoms with Crippen LogP contribution in [0.2, 0.25) is 0 Å². The summed E-state index contributed by atoms with van der Waals surface area (Å²) in [5.74, 6) is -1.24. The number of methoxy groups -OCH3 is 1. The van der Waals surface area contributed by atoms with Gasteiger partial charge in [0, 0.05) is 5.56 Å². The first-order chi connectivity index (χ1) is 6.60. The molecule has 0 saturated carbocycles. The number of esters is 1. The Balaban J connectivity index is 3.29. The van der Waals surface area contributed by atoms with Crippen LogP contribution in [0.25, 0.3) is 0 Å². The van der Waals surface area contributed by atoms with Crippen molar-refractivity contribution in [3.05, 3.63) is 34.6 Å². The highest BCUT2D eigenvalue weighted by molar-refractivity contribution is 6.17. The average Bonchev–Trinajstić information content (AvgIpc) is 2.19. The van der Waals surface area contributed by atoms with E-state index in [1.54, 1.807) is 13.0 Å². The van der Waals surface area contributed by atoms with E-state index in [0.717, 1.165) is 5.56 Å². The Morgan fingerprint density at radius 3 is 2.71 bits per heavy atom. The Labute approximate surface area is 86.6 Å². The zero-order chi connectivity index (χ0) is 10.7. The van der Waals surface area contributed by atoms with E-state index in [1.807, 2.05) is 0 Å². The normalized spacial score (nSPS) is 10.0. The van der Waals surface area contributed by atoms with E-state index in [9.17, 15) is 9.18 Å². The Bertz CT molecular complexity index is 363. The number of rotatable bonds is 2. The number of benzene rings is 1. The van der Waals surface area contributed by atoms with Gasteiger partial charge in [0.25, 0.3) is 0 Å². The van der Waals surface area contributed by atoms with Gasteiger partial charge in [0.15, 0.2) is 0 Å². The second-order valence-corrected chi connectivity index (χ2v) is 3.18. The number of halogens is 2. The molecule has 0 heterocycles. The molecule has 0 aliphatic heterocycles. The number of hydrogen-bond donors (Lipinski definition) is 0. The van der Waals surface area contributed by atoms with Gasteiger partial charge in [-0.25, -0.2) is 9.18 Å². The number of alkyl halides is 1. The molecule has 14 heavy (non-hydrogen) atoms. The van der Waals surface area contributed by atoms with E-state index in [4.69, 9.17) is 11.6 Å². The lowest BCUT2D eigenvalue weighted by molar-refractivity contribution is 0.0595. The molecule has 0 aromatic heterocycles. The molecule has 76 valence electrons. The van der Waals surface area contributed by atoms with Crippen molar-refractivity contribution in [2.45, 2.75) is 12.8 Å². The quantitative estimate of drug-likeness (QED) is 0.561. The second-order valence-electron chi connectivity index (χ2n) is 2.91. The van der Waals surface area contributed by atoms with E-state index >= 15 is 0 Å². The Morgan fingerprint density at radius 2 is 2.21 bits per heavy atom. The van der Waals surface area contributed by atoms with Crippen LogP contribution in [-0.2, 0) is 10.6 Å². The highest BCUT2D eigenvalue weighted by Gasteiger charge is 2.15. The molecule has 0 amide bonds. The number of ether oxygens (including phenoxy) is 1. The van der Waals surface area contributed by atoms with E-state index in [0.29, 0.717) is 5.56 Å². The minimum absolute atomic E-state index is 0.0392. The monoisotopic (exact) mass is 216 g/mol. The predicted molar refractivity (Wildman–Crippen MR) is 52.0 cm³/mol. The molecule has 0 spiro atoms. The summed E-state index contributed by atoms with van der Waals surface area (Å²) in [6.45, 7) is 1.77. The predicted octanol–water partition coefficient (Wildman–Crippen LogP) is 2.66. The van der Waals surface area contributed by atoms with Gasteiger partial charge in [-0.05, 0) is 18.6 Å². The number of carbonyl (C=O) groups is 1. The van der Waals surface area contributed by atoms with Gasteiger partial charge < -0.3 is 4.74 Å². The van der Waals surface area contributed by atoms with Crippen LogP contribution in [0.15, 0.2) is 12.1 Å². The molecule has 0 fully saturated rings. The topological polar surface area (TPSA) is 26.3 Å². The average molecular weight is 217 g/mol. The van der Waals surface area contributed by atoms with E-state index in [2.05, 4.69) is 4.74 Å². The van der Waals surface area contributed by atoms with Crippen LogP contribution in [0.3, 0.4) is 0 Å². The standard InChI is InChI=1S/C10H10ClFO2/c1-6-3-7(5-11)9(12)8(4-6)10(13)14-2/h3-4H,5H2,1-2H3. The van der Waals surface area contributed by atoms with Crippen molar-refractivity contribution in [3.63, 3.8) is 0 Å². The summed E-state index contributed by atoms with van der Waals surface area (Å²) in [7, 11) is 1.21. The van der Waals surface area contributed by atoms with Crippen molar-refractivity contribution in [1.29, 1.82) is 0 Å². The molecule has 1 rings (SSSR count). The van der Waals surface area contributed by atoms with Crippen molar-refractivity contribution >= 4 is 17.6 Å². The first-order valence-corrected chi connectivity index (χ1v) is 4.57. The Morgan fingerprint density at radius 1 is 1.57 bits per heavy atom. The van der Waals surface area contributed by atoms with Gasteiger partial charge in [-0.1, -0.05) is 6.07 Å². The van der Waals surface area contributed by atoms with Crippen LogP contribution in [0.5, 0.6) is 0 Å². The molecule has 0 saturated heterocycles. The highest BCUT2D eigenvalue weighted by atomic mass is 35.5. The molecule has 1 aromatic carbocycles. The maximum Gasteiger partial charge on any atom is 0.340 e. The van der Waals surface area contributed by atoms with Gasteiger partial charge in [0.2, 0.25) is 0 Å². The fourth-order valence-corrected chi connectivity index (χ4v) is 1.39. The minimum Gasteiger partial charge on any atom is -0.465 e. The summed E-state index contributed by atoms with van der Waals surface area (Å²) >= 11 is 5.53. The van der Waals surface area contributed by atoms with Crippen LogP contribution in [0, 0.1) is 12.7 Å². The molecule has 4 heteroatoms. The number of hydrogen-bond acceptors (Lipinski definition) is 2. The van der Waals surface area contributed by atoms with Gasteiger partial charge in [-0.15, -0.1) is 11.6 Å². The van der Waals surface area contributed by atoms with Gasteiger partial charge in [-0.2, -0.15) is 0 Å². The fraction of sp³-hybridized carbons (Fsp3) is 0.300. The first kappa shape index (κ1) is 11.0. The van der Waals surface area contributed by atoms with Crippen LogP contribution in [0.1, 0.15) is 21.5 Å². The Kier molecular flexibility index (Phi) is 3.47. The summed E-state index contributed by atoms with van der Waals surface area (Å²) in [6.07, 6.45) is 0. The summed E-state index contributed by atoms with van der Waals surface area (Å²) in [6, 6.07) is 3.05. The van der Waals surface area contributed by atoms with Crippen LogP contribution in [0.4, 0.5) is 4.39 Å². The molecule has 0 aliphatic rings. The van der Waals surface area contributed by atoms with E-state index in [-0.39, 0.29) is 11.4 Å². The molecular weight excluding hydrogens is 207 g/mol. The zero-order valence-electron chi connectivity index (χ0n) is 7.93. The van der Waals surface area contributed by atoms with Gasteiger partial charge in [0.1, 0.15) is 5.82 Å². The molecule has 0 unspecified atom stereocenters. The molecule has 2 nitrogen and oxygen atoms in total. The van der Waals surface area contributed by atoms with Crippen molar-refractivity contribution in [1.82, 2.24) is 0 Å². The van der Waals surface area contributed by atoms with Crippen molar-refractivity contribution in [2.75, 3.05) is 7.11 Å². The van der Waals surface area contributed by atoms with Crippen LogP contribution in [-0.4, -0.2) is 13.1 Å².